The minimum atomic E-state index is -0.669. The van der Waals surface area contributed by atoms with Crippen molar-refractivity contribution in [2.75, 3.05) is 19.6 Å². The van der Waals surface area contributed by atoms with Crippen LogP contribution in [0.4, 0.5) is 0 Å². The van der Waals surface area contributed by atoms with Crippen molar-refractivity contribution in [1.29, 1.82) is 0 Å². The number of hydrogen-bond donors (Lipinski definition) is 1. The Labute approximate surface area is 175 Å². The van der Waals surface area contributed by atoms with Crippen LogP contribution < -0.4 is 5.32 Å². The summed E-state index contributed by atoms with van der Waals surface area (Å²) in [5, 5.41) is 2.97. The van der Waals surface area contributed by atoms with Gasteiger partial charge in [-0.25, -0.2) is 9.97 Å². The molecule has 0 aromatic carbocycles. The number of imidazole rings is 1. The summed E-state index contributed by atoms with van der Waals surface area (Å²) in [6.45, 7) is 8.02. The number of carbonyl (C=O) groups is 2. The molecule has 1 atom stereocenters. The highest BCUT2D eigenvalue weighted by Gasteiger charge is 2.47. The molecule has 0 radical (unpaired) electrons. The maximum absolute atomic E-state index is 12.8. The lowest BCUT2D eigenvalue weighted by molar-refractivity contribution is -0.172. The first kappa shape index (κ1) is 20.5. The second-order valence-corrected chi connectivity index (χ2v) is 8.48. The third-order valence-corrected chi connectivity index (χ3v) is 5.69. The molecule has 2 aromatic heterocycles. The molecular formula is C21H28N6O3. The van der Waals surface area contributed by atoms with Gasteiger partial charge in [-0.3, -0.25) is 14.6 Å². The Kier molecular flexibility index (Phi) is 5.55. The molecule has 1 N–H and O–H groups in total. The number of aromatic nitrogens is 4. The van der Waals surface area contributed by atoms with E-state index in [1.54, 1.807) is 17.3 Å². The van der Waals surface area contributed by atoms with Gasteiger partial charge in [0.15, 0.2) is 6.10 Å². The zero-order chi connectivity index (χ0) is 21.3. The van der Waals surface area contributed by atoms with Gasteiger partial charge in [0.2, 0.25) is 0 Å². The van der Waals surface area contributed by atoms with Crippen LogP contribution in [0, 0.1) is 12.8 Å². The van der Waals surface area contributed by atoms with Crippen molar-refractivity contribution >= 4 is 11.8 Å². The SMILES string of the molecule is Cc1cnc(C(=O)N2CCC3(CC2)O[C@@H](C(=O)NCC(C)C)Cn2ccnc23)cn1. The Morgan fingerprint density at radius 3 is 2.67 bits per heavy atom. The van der Waals surface area contributed by atoms with Crippen molar-refractivity contribution in [3.63, 3.8) is 0 Å². The first-order valence-corrected chi connectivity index (χ1v) is 10.4. The van der Waals surface area contributed by atoms with E-state index in [1.165, 1.54) is 6.20 Å². The van der Waals surface area contributed by atoms with E-state index in [-0.39, 0.29) is 11.8 Å². The van der Waals surface area contributed by atoms with E-state index in [1.807, 2.05) is 17.7 Å². The third kappa shape index (κ3) is 3.94. The molecule has 2 aliphatic rings. The topological polar surface area (TPSA) is 102 Å². The van der Waals surface area contributed by atoms with Gasteiger partial charge in [0.1, 0.15) is 17.1 Å². The number of rotatable bonds is 4. The number of ether oxygens (including phenoxy) is 1. The van der Waals surface area contributed by atoms with E-state index in [0.717, 1.165) is 11.5 Å². The van der Waals surface area contributed by atoms with Crippen LogP contribution in [-0.4, -0.2) is 62.0 Å². The average molecular weight is 412 g/mol. The number of nitrogens with one attached hydrogen (secondary N) is 1. The Bertz CT molecular complexity index is 915. The Morgan fingerprint density at radius 1 is 1.23 bits per heavy atom. The summed E-state index contributed by atoms with van der Waals surface area (Å²) in [7, 11) is 0. The number of piperidine rings is 1. The summed E-state index contributed by atoms with van der Waals surface area (Å²) in [5.41, 5.74) is 0.444. The monoisotopic (exact) mass is 412 g/mol. The molecule has 1 fully saturated rings. The van der Waals surface area contributed by atoms with Crippen LogP contribution in [0.2, 0.25) is 0 Å². The molecule has 0 aliphatic carbocycles. The number of hydrogen-bond acceptors (Lipinski definition) is 6. The summed E-state index contributed by atoms with van der Waals surface area (Å²) in [6, 6.07) is 0. The standard InChI is InChI=1S/C21H28N6O3/c1-14(2)10-25-18(28)17-13-27-9-6-22-20(27)21(30-17)4-7-26(8-5-21)19(29)16-12-23-15(3)11-24-16/h6,9,11-12,14,17H,4-5,7-8,10,13H2,1-3H3,(H,25,28)/t17-/m1/s1. The molecule has 2 aromatic rings. The van der Waals surface area contributed by atoms with Gasteiger partial charge in [0, 0.05) is 51.1 Å². The van der Waals surface area contributed by atoms with E-state index in [2.05, 4.69) is 34.1 Å². The molecule has 1 saturated heterocycles. The molecule has 30 heavy (non-hydrogen) atoms. The first-order chi connectivity index (χ1) is 14.4. The Morgan fingerprint density at radius 2 is 2.00 bits per heavy atom. The van der Waals surface area contributed by atoms with Gasteiger partial charge in [0.05, 0.1) is 18.4 Å². The lowest BCUT2D eigenvalue weighted by Gasteiger charge is -2.45. The summed E-state index contributed by atoms with van der Waals surface area (Å²) < 4.78 is 8.39. The highest BCUT2D eigenvalue weighted by atomic mass is 16.5. The van der Waals surface area contributed by atoms with E-state index < -0.39 is 11.7 Å². The van der Waals surface area contributed by atoms with Crippen molar-refractivity contribution in [3.05, 3.63) is 42.0 Å². The molecule has 4 rings (SSSR count). The fourth-order valence-electron chi connectivity index (χ4n) is 4.03. The lowest BCUT2D eigenvalue weighted by atomic mass is 9.88. The van der Waals surface area contributed by atoms with Crippen LogP contribution in [0.3, 0.4) is 0 Å². The minimum absolute atomic E-state index is 0.101. The van der Waals surface area contributed by atoms with Crippen LogP contribution in [0.5, 0.6) is 0 Å². The molecule has 0 bridgehead atoms. The maximum atomic E-state index is 12.8. The van der Waals surface area contributed by atoms with Crippen molar-refractivity contribution < 1.29 is 14.3 Å². The van der Waals surface area contributed by atoms with E-state index in [9.17, 15) is 9.59 Å². The van der Waals surface area contributed by atoms with Crippen LogP contribution in [0.1, 0.15) is 48.7 Å². The van der Waals surface area contributed by atoms with Crippen LogP contribution in [-0.2, 0) is 21.7 Å². The molecule has 0 saturated carbocycles. The largest absolute Gasteiger partial charge is 0.354 e. The van der Waals surface area contributed by atoms with Crippen molar-refractivity contribution in [1.82, 2.24) is 29.7 Å². The van der Waals surface area contributed by atoms with E-state index >= 15 is 0 Å². The molecule has 9 nitrogen and oxygen atoms in total. The average Bonchev–Trinajstić information content (AvgIpc) is 3.22. The number of likely N-dealkylation sites (tertiary alicyclic amines) is 1. The maximum Gasteiger partial charge on any atom is 0.274 e. The van der Waals surface area contributed by atoms with Crippen molar-refractivity contribution in [3.8, 4) is 0 Å². The van der Waals surface area contributed by atoms with Gasteiger partial charge in [-0.15, -0.1) is 0 Å². The fourth-order valence-corrected chi connectivity index (χ4v) is 4.03. The highest BCUT2D eigenvalue weighted by Crippen LogP contribution is 2.40. The van der Waals surface area contributed by atoms with Crippen molar-refractivity contribution in [2.24, 2.45) is 5.92 Å². The van der Waals surface area contributed by atoms with Crippen LogP contribution in [0.25, 0.3) is 0 Å². The third-order valence-electron chi connectivity index (χ3n) is 5.69. The zero-order valence-electron chi connectivity index (χ0n) is 17.7. The highest BCUT2D eigenvalue weighted by molar-refractivity contribution is 5.92. The Balaban J connectivity index is 1.48. The number of fused-ring (bicyclic) bond motifs is 2. The summed E-state index contributed by atoms with van der Waals surface area (Å²) in [5.74, 6) is 0.964. The molecule has 2 aliphatic heterocycles. The predicted octanol–water partition coefficient (Wildman–Crippen LogP) is 1.28. The van der Waals surface area contributed by atoms with Crippen LogP contribution in [0.15, 0.2) is 24.8 Å². The quantitative estimate of drug-likeness (QED) is 0.812. The second kappa shape index (κ2) is 8.14. The minimum Gasteiger partial charge on any atom is -0.354 e. The van der Waals surface area contributed by atoms with Gasteiger partial charge in [0.25, 0.3) is 11.8 Å². The smallest absolute Gasteiger partial charge is 0.274 e. The summed E-state index contributed by atoms with van der Waals surface area (Å²) >= 11 is 0. The van der Waals surface area contributed by atoms with Crippen molar-refractivity contribution in [2.45, 2.75) is 51.9 Å². The number of nitrogens with zero attached hydrogens (tertiary/aromatic N) is 5. The Hall–Kier alpha value is -2.81. The van der Waals surface area contributed by atoms with E-state index in [0.29, 0.717) is 50.6 Å². The molecule has 0 unspecified atom stereocenters. The molecule has 4 heterocycles. The fraction of sp³-hybridized carbons (Fsp3) is 0.571. The second-order valence-electron chi connectivity index (χ2n) is 8.48. The molecular weight excluding hydrogens is 384 g/mol. The lowest BCUT2D eigenvalue weighted by Crippen LogP contribution is -2.55. The molecule has 9 heteroatoms. The molecule has 1 spiro atoms. The van der Waals surface area contributed by atoms with Gasteiger partial charge in [-0.05, 0) is 12.8 Å². The van der Waals surface area contributed by atoms with E-state index in [4.69, 9.17) is 4.74 Å². The predicted molar refractivity (Wildman–Crippen MR) is 109 cm³/mol. The zero-order valence-corrected chi connectivity index (χ0v) is 17.7. The first-order valence-electron chi connectivity index (χ1n) is 10.4. The number of amides is 2. The normalized spacial score (nSPS) is 20.3. The number of aryl methyl sites for hydroxylation is 1. The van der Waals surface area contributed by atoms with Gasteiger partial charge < -0.3 is 19.5 Å². The van der Waals surface area contributed by atoms with Crippen LogP contribution >= 0.6 is 0 Å². The summed E-state index contributed by atoms with van der Waals surface area (Å²) in [6.07, 6.45) is 7.32. The number of carbonyl (C=O) groups excluding carboxylic acids is 2. The molecule has 2 amide bonds. The van der Waals surface area contributed by atoms with Gasteiger partial charge in [-0.2, -0.15) is 0 Å². The summed E-state index contributed by atoms with van der Waals surface area (Å²) in [4.78, 5) is 40.1. The van der Waals surface area contributed by atoms with Gasteiger partial charge in [-0.1, -0.05) is 13.8 Å². The molecule has 160 valence electrons. The van der Waals surface area contributed by atoms with Gasteiger partial charge >= 0.3 is 0 Å².